The quantitative estimate of drug-likeness (QED) is 0.573. The van der Waals surface area contributed by atoms with Crippen molar-refractivity contribution in [3.8, 4) is 0 Å². The van der Waals surface area contributed by atoms with E-state index in [1.807, 2.05) is 24.5 Å². The lowest BCUT2D eigenvalue weighted by atomic mass is 10.4. The Bertz CT molecular complexity index is 163. The second-order valence-electron chi connectivity index (χ2n) is 1.95. The lowest BCUT2D eigenvalue weighted by molar-refractivity contribution is 0.715. The fraction of sp³-hybridized carbons (Fsp3) is 0.250. The molecule has 1 heterocycles. The maximum Gasteiger partial charge on any atom is 0.0254 e. The van der Waals surface area contributed by atoms with E-state index in [-0.39, 0.29) is 0 Å². The smallest absolute Gasteiger partial charge is 0.0254 e. The van der Waals surface area contributed by atoms with E-state index in [4.69, 9.17) is 6.58 Å². The summed E-state index contributed by atoms with van der Waals surface area (Å²) >= 11 is 0. The molecule has 0 aliphatic rings. The lowest BCUT2D eigenvalue weighted by Gasteiger charge is -1.95. The molecule has 0 aliphatic heterocycles. The predicted octanol–water partition coefficient (Wildman–Crippen LogP) is 1.87. The number of aryl methyl sites for hydroxylation is 1. The molecule has 0 spiro atoms. The third-order valence-corrected chi connectivity index (χ3v) is 1.22. The molecular formula is C8H10N. The fourth-order valence-corrected chi connectivity index (χ4v) is 0.743. The zero-order chi connectivity index (χ0) is 6.53. The van der Waals surface area contributed by atoms with Crippen LogP contribution >= 0.6 is 0 Å². The van der Waals surface area contributed by atoms with Gasteiger partial charge in [-0.1, -0.05) is 12.7 Å². The van der Waals surface area contributed by atoms with Crippen LogP contribution < -0.4 is 0 Å². The number of aromatic nitrogens is 1. The molecule has 1 radical (unpaired) electrons. The Balaban J connectivity index is 2.38. The zero-order valence-corrected chi connectivity index (χ0v) is 5.33. The molecule has 0 unspecified atom stereocenters. The maximum atomic E-state index is 5.21. The predicted molar refractivity (Wildman–Crippen MR) is 37.9 cm³/mol. The van der Waals surface area contributed by atoms with Gasteiger partial charge >= 0.3 is 0 Å². The van der Waals surface area contributed by atoms with Crippen molar-refractivity contribution in [2.75, 3.05) is 0 Å². The lowest BCUT2D eigenvalue weighted by Crippen LogP contribution is -1.90. The number of rotatable bonds is 3. The van der Waals surface area contributed by atoms with Gasteiger partial charge in [0.1, 0.15) is 0 Å². The van der Waals surface area contributed by atoms with Crippen LogP contribution in [-0.2, 0) is 6.54 Å². The van der Waals surface area contributed by atoms with Crippen LogP contribution in [0.1, 0.15) is 6.42 Å². The average molecular weight is 120 g/mol. The van der Waals surface area contributed by atoms with Gasteiger partial charge in [-0.2, -0.15) is 0 Å². The van der Waals surface area contributed by atoms with Crippen molar-refractivity contribution < 1.29 is 0 Å². The second kappa shape index (κ2) is 3.13. The molecule has 0 aromatic carbocycles. The van der Waals surface area contributed by atoms with E-state index in [9.17, 15) is 0 Å². The van der Waals surface area contributed by atoms with Gasteiger partial charge in [-0.25, -0.2) is 0 Å². The Hall–Kier alpha value is -0.980. The molecule has 0 fully saturated rings. The normalized spacial score (nSPS) is 9.33. The summed E-state index contributed by atoms with van der Waals surface area (Å²) in [7, 11) is 0. The molecule has 1 heteroatoms. The minimum atomic E-state index is 0.939. The van der Waals surface area contributed by atoms with Crippen molar-refractivity contribution >= 4 is 0 Å². The monoisotopic (exact) mass is 120 g/mol. The van der Waals surface area contributed by atoms with Gasteiger partial charge in [0.05, 0.1) is 0 Å². The fourth-order valence-electron chi connectivity index (χ4n) is 0.743. The van der Waals surface area contributed by atoms with E-state index < -0.39 is 0 Å². The summed E-state index contributed by atoms with van der Waals surface area (Å²) in [5.74, 6) is 0. The van der Waals surface area contributed by atoms with Crippen molar-refractivity contribution in [1.29, 1.82) is 0 Å². The summed E-state index contributed by atoms with van der Waals surface area (Å²) in [6.45, 7) is 6.20. The molecule has 0 saturated carbocycles. The molecule has 1 rings (SSSR count). The minimum absolute atomic E-state index is 0.939. The second-order valence-corrected chi connectivity index (χ2v) is 1.95. The van der Waals surface area contributed by atoms with Crippen molar-refractivity contribution in [3.05, 3.63) is 37.2 Å². The molecule has 47 valence electrons. The summed E-state index contributed by atoms with van der Waals surface area (Å²) in [6, 6.07) is 4.02. The first-order valence-electron chi connectivity index (χ1n) is 3.07. The molecule has 1 nitrogen and oxygen atoms in total. The summed E-state index contributed by atoms with van der Waals surface area (Å²) in [6.07, 6.45) is 6.68. The van der Waals surface area contributed by atoms with Gasteiger partial charge in [-0.05, 0) is 18.6 Å². The van der Waals surface area contributed by atoms with Gasteiger partial charge in [-0.15, -0.1) is 0 Å². The van der Waals surface area contributed by atoms with Crippen LogP contribution in [0.2, 0.25) is 0 Å². The van der Waals surface area contributed by atoms with Crippen LogP contribution in [0, 0.1) is 6.58 Å². The molecular weight excluding hydrogens is 110 g/mol. The van der Waals surface area contributed by atoms with Crippen molar-refractivity contribution in [2.24, 2.45) is 0 Å². The molecule has 0 bridgehead atoms. The number of hydrogen-bond donors (Lipinski definition) is 0. The van der Waals surface area contributed by atoms with Crippen molar-refractivity contribution in [2.45, 2.75) is 13.0 Å². The topological polar surface area (TPSA) is 4.93 Å². The van der Waals surface area contributed by atoms with E-state index >= 15 is 0 Å². The van der Waals surface area contributed by atoms with Crippen LogP contribution in [0.4, 0.5) is 0 Å². The highest BCUT2D eigenvalue weighted by Crippen LogP contribution is 1.92. The molecule has 1 aromatic heterocycles. The maximum absolute atomic E-state index is 5.21. The Morgan fingerprint density at radius 3 is 2.56 bits per heavy atom. The first kappa shape index (κ1) is 6.14. The Labute approximate surface area is 55.6 Å². The first-order valence-corrected chi connectivity index (χ1v) is 3.07. The van der Waals surface area contributed by atoms with Crippen LogP contribution in [-0.4, -0.2) is 4.57 Å². The Kier molecular flexibility index (Phi) is 2.13. The highest BCUT2D eigenvalue weighted by Gasteiger charge is 1.82. The number of hydrogen-bond acceptors (Lipinski definition) is 0. The van der Waals surface area contributed by atoms with Crippen molar-refractivity contribution in [1.82, 2.24) is 4.57 Å². The van der Waals surface area contributed by atoms with Crippen LogP contribution in [0.25, 0.3) is 0 Å². The number of allylic oxidation sites excluding steroid dienone is 1. The summed E-state index contributed by atoms with van der Waals surface area (Å²) in [5.41, 5.74) is 0. The number of nitrogens with zero attached hydrogens (tertiary/aromatic N) is 1. The third kappa shape index (κ3) is 1.76. The van der Waals surface area contributed by atoms with Gasteiger partial charge in [0.2, 0.25) is 0 Å². The standard InChI is InChI=1S/C8H10N/c1-2-3-6-9-7-4-5-8-9/h1-2,4-5,7-8H,3,6H2. The third-order valence-electron chi connectivity index (χ3n) is 1.22. The van der Waals surface area contributed by atoms with Crippen molar-refractivity contribution in [3.63, 3.8) is 0 Å². The van der Waals surface area contributed by atoms with Gasteiger partial charge < -0.3 is 4.57 Å². The Morgan fingerprint density at radius 2 is 2.00 bits per heavy atom. The molecule has 0 amide bonds. The van der Waals surface area contributed by atoms with Crippen LogP contribution in [0.15, 0.2) is 30.6 Å². The molecule has 0 saturated heterocycles. The molecule has 0 N–H and O–H groups in total. The van der Waals surface area contributed by atoms with Gasteiger partial charge in [0, 0.05) is 18.9 Å². The van der Waals surface area contributed by atoms with E-state index in [2.05, 4.69) is 4.57 Å². The molecule has 0 aliphatic carbocycles. The van der Waals surface area contributed by atoms with Crippen LogP contribution in [0.5, 0.6) is 0 Å². The van der Waals surface area contributed by atoms with E-state index in [0.29, 0.717) is 0 Å². The van der Waals surface area contributed by atoms with E-state index in [1.54, 1.807) is 6.08 Å². The van der Waals surface area contributed by atoms with Gasteiger partial charge in [0.25, 0.3) is 0 Å². The summed E-state index contributed by atoms with van der Waals surface area (Å²) in [4.78, 5) is 0. The first-order chi connectivity index (χ1) is 4.43. The van der Waals surface area contributed by atoms with E-state index in [1.165, 1.54) is 0 Å². The zero-order valence-electron chi connectivity index (χ0n) is 5.33. The largest absolute Gasteiger partial charge is 0.354 e. The average Bonchev–Trinajstić information content (AvgIpc) is 2.34. The summed E-state index contributed by atoms with van der Waals surface area (Å²) in [5, 5.41) is 0. The molecule has 0 atom stereocenters. The van der Waals surface area contributed by atoms with Gasteiger partial charge in [0.15, 0.2) is 0 Å². The van der Waals surface area contributed by atoms with Gasteiger partial charge in [-0.3, -0.25) is 0 Å². The molecule has 1 aromatic rings. The van der Waals surface area contributed by atoms with E-state index in [0.717, 1.165) is 13.0 Å². The molecule has 9 heavy (non-hydrogen) atoms. The highest BCUT2D eigenvalue weighted by molar-refractivity contribution is 4.90. The minimum Gasteiger partial charge on any atom is -0.354 e. The highest BCUT2D eigenvalue weighted by atomic mass is 14.9. The SMILES string of the molecule is [CH]=CCCn1cccc1. The van der Waals surface area contributed by atoms with Crippen LogP contribution in [0.3, 0.4) is 0 Å². The summed E-state index contributed by atoms with van der Waals surface area (Å²) < 4.78 is 2.10. The Morgan fingerprint density at radius 1 is 1.33 bits per heavy atom.